The maximum Gasteiger partial charge on any atom is 0.135 e. The van der Waals surface area contributed by atoms with Gasteiger partial charge >= 0.3 is 0 Å². The number of rotatable bonds is 4. The first-order valence-electron chi connectivity index (χ1n) is 13.6. The van der Waals surface area contributed by atoms with Crippen molar-refractivity contribution in [1.82, 2.24) is 4.57 Å². The van der Waals surface area contributed by atoms with Gasteiger partial charge < -0.3 is 9.30 Å². The van der Waals surface area contributed by atoms with E-state index in [-0.39, 0.29) is 0 Å². The molecule has 0 saturated heterocycles. The third-order valence-corrected chi connectivity index (χ3v) is 7.96. The van der Waals surface area contributed by atoms with Gasteiger partial charge in [0.25, 0.3) is 0 Å². The molecule has 0 aliphatic carbocycles. The van der Waals surface area contributed by atoms with Crippen molar-refractivity contribution in [3.63, 3.8) is 0 Å². The van der Waals surface area contributed by atoms with Gasteiger partial charge in [0.1, 0.15) is 11.5 Å². The number of hydrogen-bond donors (Lipinski definition) is 0. The predicted molar refractivity (Wildman–Crippen MR) is 169 cm³/mol. The molecule has 2 heterocycles. The van der Waals surface area contributed by atoms with E-state index in [0.29, 0.717) is 0 Å². The monoisotopic (exact) mass is 511 g/mol. The number of fused-ring (bicyclic) bond motifs is 4. The fraction of sp³-hybridized carbons (Fsp3) is 0. The van der Waals surface area contributed by atoms with Crippen LogP contribution in [0.15, 0.2) is 128 Å². The minimum atomic E-state index is 0.892. The quantitative estimate of drug-likeness (QED) is 0.229. The van der Waals surface area contributed by atoms with Crippen LogP contribution in [0.2, 0.25) is 0 Å². The third kappa shape index (κ3) is 3.43. The zero-order chi connectivity index (χ0) is 26.6. The molecule has 188 valence electrons. The van der Waals surface area contributed by atoms with Crippen LogP contribution in [0, 0.1) is 0 Å². The number of hydrogen-bond acceptors (Lipinski definition) is 1. The average Bonchev–Trinajstić information content (AvgIpc) is 3.33. The molecule has 0 bridgehead atoms. The van der Waals surface area contributed by atoms with Crippen LogP contribution < -0.4 is 4.74 Å². The van der Waals surface area contributed by atoms with Crippen molar-refractivity contribution in [1.29, 1.82) is 0 Å². The maximum atomic E-state index is 6.30. The summed E-state index contributed by atoms with van der Waals surface area (Å²) >= 11 is 0. The molecular weight excluding hydrogens is 486 g/mol. The highest BCUT2D eigenvalue weighted by Crippen LogP contribution is 2.46. The number of benzene rings is 6. The second kappa shape index (κ2) is 8.86. The van der Waals surface area contributed by atoms with E-state index in [9.17, 15) is 0 Å². The Morgan fingerprint density at radius 1 is 0.600 bits per heavy atom. The van der Waals surface area contributed by atoms with Crippen molar-refractivity contribution in [3.8, 4) is 28.3 Å². The Morgan fingerprint density at radius 3 is 2.30 bits per heavy atom. The molecule has 0 amide bonds. The minimum absolute atomic E-state index is 0.892. The van der Waals surface area contributed by atoms with Gasteiger partial charge in [0.05, 0.1) is 11.2 Å². The lowest BCUT2D eigenvalue weighted by molar-refractivity contribution is 0.487. The zero-order valence-corrected chi connectivity index (χ0v) is 21.8. The molecule has 8 rings (SSSR count). The van der Waals surface area contributed by atoms with Gasteiger partial charge in [-0.2, -0.15) is 0 Å². The van der Waals surface area contributed by atoms with Crippen LogP contribution in [-0.4, -0.2) is 4.57 Å². The Kier molecular flexibility index (Phi) is 5.01. The number of nitrogens with zero attached hydrogens (tertiary/aromatic N) is 1. The highest BCUT2D eigenvalue weighted by Gasteiger charge is 2.20. The van der Waals surface area contributed by atoms with E-state index < -0.39 is 0 Å². The summed E-state index contributed by atoms with van der Waals surface area (Å²) in [7, 11) is 0. The van der Waals surface area contributed by atoms with Crippen molar-refractivity contribution in [3.05, 3.63) is 145 Å². The van der Waals surface area contributed by atoms with Gasteiger partial charge in [-0.1, -0.05) is 104 Å². The molecule has 1 aliphatic heterocycles. The van der Waals surface area contributed by atoms with Crippen LogP contribution in [0.3, 0.4) is 0 Å². The van der Waals surface area contributed by atoms with Gasteiger partial charge in [0.2, 0.25) is 0 Å². The summed E-state index contributed by atoms with van der Waals surface area (Å²) in [6.45, 7) is 4.22. The highest BCUT2D eigenvalue weighted by atomic mass is 16.5. The van der Waals surface area contributed by atoms with Gasteiger partial charge in [0, 0.05) is 27.6 Å². The normalized spacial score (nSPS) is 12.2. The van der Waals surface area contributed by atoms with Crippen LogP contribution in [0.25, 0.3) is 67.5 Å². The maximum absolute atomic E-state index is 6.30. The van der Waals surface area contributed by atoms with Crippen molar-refractivity contribution < 1.29 is 4.74 Å². The minimum Gasteiger partial charge on any atom is -0.456 e. The summed E-state index contributed by atoms with van der Waals surface area (Å²) in [4.78, 5) is 0. The zero-order valence-electron chi connectivity index (χ0n) is 21.8. The molecule has 6 aromatic carbocycles. The fourth-order valence-electron chi connectivity index (χ4n) is 6.12. The summed E-state index contributed by atoms with van der Waals surface area (Å²) in [5.41, 5.74) is 7.97. The van der Waals surface area contributed by atoms with Crippen LogP contribution in [0.4, 0.5) is 0 Å². The topological polar surface area (TPSA) is 14.2 Å². The molecule has 0 radical (unpaired) electrons. The lowest BCUT2D eigenvalue weighted by Crippen LogP contribution is -1.97. The van der Waals surface area contributed by atoms with E-state index in [1.807, 2.05) is 12.1 Å². The summed E-state index contributed by atoms with van der Waals surface area (Å²) in [6.07, 6.45) is 6.38. The van der Waals surface area contributed by atoms with Crippen LogP contribution >= 0.6 is 0 Å². The number of aromatic nitrogens is 1. The van der Waals surface area contributed by atoms with E-state index in [1.54, 1.807) is 0 Å². The summed E-state index contributed by atoms with van der Waals surface area (Å²) in [5.74, 6) is 1.81. The van der Waals surface area contributed by atoms with E-state index >= 15 is 0 Å². The van der Waals surface area contributed by atoms with Gasteiger partial charge in [-0.25, -0.2) is 0 Å². The molecular formula is C38H25NO. The Hall–Kier alpha value is -5.34. The Bertz CT molecular complexity index is 2160. The van der Waals surface area contributed by atoms with Crippen LogP contribution in [0.5, 0.6) is 11.5 Å². The van der Waals surface area contributed by atoms with Gasteiger partial charge in [0.15, 0.2) is 0 Å². The third-order valence-electron chi connectivity index (χ3n) is 7.96. The summed E-state index contributed by atoms with van der Waals surface area (Å²) in [5, 5.41) is 6.02. The second-order valence-corrected chi connectivity index (χ2v) is 10.2. The molecule has 2 heteroatoms. The Balaban J connectivity index is 1.26. The molecule has 0 saturated carbocycles. The average molecular weight is 512 g/mol. The first-order valence-corrected chi connectivity index (χ1v) is 13.6. The number of ether oxygens (including phenoxy) is 1. The Morgan fingerprint density at radius 2 is 1.40 bits per heavy atom. The van der Waals surface area contributed by atoms with Crippen molar-refractivity contribution in [2.45, 2.75) is 0 Å². The molecule has 0 N–H and O–H groups in total. The van der Waals surface area contributed by atoms with E-state index in [0.717, 1.165) is 45.1 Å². The predicted octanol–water partition coefficient (Wildman–Crippen LogP) is 10.5. The van der Waals surface area contributed by atoms with Crippen molar-refractivity contribution in [2.24, 2.45) is 0 Å². The summed E-state index contributed by atoms with van der Waals surface area (Å²) < 4.78 is 8.62. The highest BCUT2D eigenvalue weighted by molar-refractivity contribution is 6.04. The Labute approximate surface area is 232 Å². The van der Waals surface area contributed by atoms with E-state index in [1.165, 1.54) is 32.5 Å². The van der Waals surface area contributed by atoms with Gasteiger partial charge in [-0.3, -0.25) is 0 Å². The van der Waals surface area contributed by atoms with Crippen molar-refractivity contribution >= 4 is 50.7 Å². The molecule has 1 aliphatic rings. The lowest BCUT2D eigenvalue weighted by atomic mass is 9.93. The lowest BCUT2D eigenvalue weighted by Gasteiger charge is -2.21. The molecule has 0 spiro atoms. The van der Waals surface area contributed by atoms with Gasteiger partial charge in [-0.05, 0) is 69.8 Å². The summed E-state index contributed by atoms with van der Waals surface area (Å²) in [6, 6.07) is 42.8. The van der Waals surface area contributed by atoms with Crippen LogP contribution in [-0.2, 0) is 0 Å². The molecule has 40 heavy (non-hydrogen) atoms. The molecule has 7 aromatic rings. The van der Waals surface area contributed by atoms with E-state index in [2.05, 4.69) is 139 Å². The SMILES string of the molecule is C=Cc1c(/C=C/c2ccc3c(c2)-c2cccc4cccc(c24)O3)c2ccccc2n1-c1ccc2ccccc2c1. The van der Waals surface area contributed by atoms with Crippen LogP contribution in [0.1, 0.15) is 16.8 Å². The molecule has 1 aromatic heterocycles. The van der Waals surface area contributed by atoms with Gasteiger partial charge in [-0.15, -0.1) is 0 Å². The molecule has 0 fully saturated rings. The smallest absolute Gasteiger partial charge is 0.135 e. The number of para-hydroxylation sites is 1. The van der Waals surface area contributed by atoms with Crippen molar-refractivity contribution in [2.75, 3.05) is 0 Å². The first kappa shape index (κ1) is 22.6. The molecule has 2 nitrogen and oxygen atoms in total. The molecule has 0 unspecified atom stereocenters. The second-order valence-electron chi connectivity index (χ2n) is 10.2. The molecule has 0 atom stereocenters. The standard InChI is InChI=1S/C38H25NO/c1-2-34-31(30-13-5-6-15-35(30)39(34)29-20-19-26-9-3-4-10-28(26)24-29)21-17-25-18-22-36-33(23-25)32-14-7-11-27-12-8-16-37(40-36)38(27)32/h2-24H,1H2/b21-17+. The first-order chi connectivity index (χ1) is 19.8. The van der Waals surface area contributed by atoms with E-state index in [4.69, 9.17) is 4.74 Å². The largest absolute Gasteiger partial charge is 0.456 e. The fourth-order valence-corrected chi connectivity index (χ4v) is 6.12.